The van der Waals surface area contributed by atoms with Crippen LogP contribution in [0.3, 0.4) is 0 Å². The van der Waals surface area contributed by atoms with Gasteiger partial charge in [-0.25, -0.2) is 9.97 Å². The van der Waals surface area contributed by atoms with Crippen LogP contribution < -0.4 is 5.32 Å². The number of hydrogen-bond donors (Lipinski definition) is 1. The number of carbonyl (C=O) groups excluding carboxylic acids is 1. The van der Waals surface area contributed by atoms with Crippen molar-refractivity contribution in [1.82, 2.24) is 9.97 Å². The fourth-order valence-electron chi connectivity index (χ4n) is 1.32. The van der Waals surface area contributed by atoms with Gasteiger partial charge in [0, 0.05) is 12.4 Å². The molecule has 0 aliphatic rings. The summed E-state index contributed by atoms with van der Waals surface area (Å²) in [6.45, 7) is 1.92. The summed E-state index contributed by atoms with van der Waals surface area (Å²) in [4.78, 5) is 19.7. The summed E-state index contributed by atoms with van der Waals surface area (Å²) < 4.78 is 0. The molecule has 0 saturated carbocycles. The van der Waals surface area contributed by atoms with Gasteiger partial charge in [-0.05, 0) is 30.7 Å². The Labute approximate surface area is 104 Å². The molecule has 0 atom stereocenters. The van der Waals surface area contributed by atoms with E-state index in [0.29, 0.717) is 11.4 Å². The lowest BCUT2D eigenvalue weighted by Gasteiger charge is -2.04. The topological polar surface area (TPSA) is 78.7 Å². The smallest absolute Gasteiger partial charge is 0.258 e. The number of carbonyl (C=O) groups is 1. The largest absolute Gasteiger partial charge is 0.307 e. The zero-order chi connectivity index (χ0) is 13.0. The third kappa shape index (κ3) is 2.68. The highest BCUT2D eigenvalue weighted by Gasteiger charge is 2.07. The molecule has 1 amide bonds. The normalized spacial score (nSPS) is 9.56. The summed E-state index contributed by atoms with van der Waals surface area (Å²) in [5.74, 6) is 0.179. The molecule has 0 unspecified atom stereocenters. The molecule has 2 rings (SSSR count). The minimum absolute atomic E-state index is 0.278. The first-order valence-corrected chi connectivity index (χ1v) is 5.29. The zero-order valence-corrected chi connectivity index (χ0v) is 9.71. The Morgan fingerprint density at radius 1 is 1.22 bits per heavy atom. The van der Waals surface area contributed by atoms with Gasteiger partial charge in [0.25, 0.3) is 5.91 Å². The maximum absolute atomic E-state index is 11.8. The molecule has 0 saturated heterocycles. The maximum atomic E-state index is 11.8. The first-order valence-electron chi connectivity index (χ1n) is 5.29. The van der Waals surface area contributed by atoms with E-state index in [2.05, 4.69) is 15.3 Å². The molecule has 0 aliphatic carbocycles. The van der Waals surface area contributed by atoms with E-state index in [1.54, 1.807) is 18.3 Å². The monoisotopic (exact) mass is 238 g/mol. The van der Waals surface area contributed by atoms with Crippen LogP contribution in [-0.2, 0) is 0 Å². The van der Waals surface area contributed by atoms with Gasteiger partial charge < -0.3 is 5.32 Å². The van der Waals surface area contributed by atoms with Crippen LogP contribution in [0.5, 0.6) is 0 Å². The van der Waals surface area contributed by atoms with Crippen LogP contribution >= 0.6 is 0 Å². The third-order valence-corrected chi connectivity index (χ3v) is 2.29. The minimum atomic E-state index is -0.302. The molecule has 18 heavy (non-hydrogen) atoms. The molecule has 0 spiro atoms. The first kappa shape index (κ1) is 11.7. The SMILES string of the molecule is Cc1ccc(NC(=O)c2ccc(C#N)nc2)nc1. The number of rotatable bonds is 2. The molecule has 2 heterocycles. The van der Waals surface area contributed by atoms with Gasteiger partial charge in [-0.3, -0.25) is 4.79 Å². The number of aromatic nitrogens is 2. The predicted molar refractivity (Wildman–Crippen MR) is 65.9 cm³/mol. The molecule has 5 heteroatoms. The van der Waals surface area contributed by atoms with Gasteiger partial charge in [-0.1, -0.05) is 6.07 Å². The lowest BCUT2D eigenvalue weighted by Crippen LogP contribution is -2.13. The van der Waals surface area contributed by atoms with Crippen molar-refractivity contribution < 1.29 is 4.79 Å². The summed E-state index contributed by atoms with van der Waals surface area (Å²) in [5, 5.41) is 11.3. The average Bonchev–Trinajstić information content (AvgIpc) is 2.41. The number of anilines is 1. The van der Waals surface area contributed by atoms with Crippen molar-refractivity contribution in [2.45, 2.75) is 6.92 Å². The van der Waals surface area contributed by atoms with Crippen LogP contribution in [0.1, 0.15) is 21.6 Å². The third-order valence-electron chi connectivity index (χ3n) is 2.29. The Balaban J connectivity index is 2.12. The second-order valence-electron chi connectivity index (χ2n) is 3.72. The summed E-state index contributed by atoms with van der Waals surface area (Å²) >= 11 is 0. The van der Waals surface area contributed by atoms with Crippen LogP contribution in [0.15, 0.2) is 36.7 Å². The number of nitriles is 1. The van der Waals surface area contributed by atoms with Crippen molar-refractivity contribution in [3.05, 3.63) is 53.5 Å². The van der Waals surface area contributed by atoms with Gasteiger partial charge in [0.1, 0.15) is 17.6 Å². The number of nitrogens with zero attached hydrogens (tertiary/aromatic N) is 3. The molecule has 0 aliphatic heterocycles. The lowest BCUT2D eigenvalue weighted by molar-refractivity contribution is 0.102. The lowest BCUT2D eigenvalue weighted by atomic mass is 10.2. The second kappa shape index (κ2) is 5.06. The summed E-state index contributed by atoms with van der Waals surface area (Å²) in [5.41, 5.74) is 1.68. The number of pyridine rings is 2. The maximum Gasteiger partial charge on any atom is 0.258 e. The Hall–Kier alpha value is -2.74. The molecule has 0 radical (unpaired) electrons. The second-order valence-corrected chi connectivity index (χ2v) is 3.72. The van der Waals surface area contributed by atoms with Gasteiger partial charge in [0.15, 0.2) is 0 Å². The van der Waals surface area contributed by atoms with Crippen molar-refractivity contribution >= 4 is 11.7 Å². The van der Waals surface area contributed by atoms with Crippen LogP contribution in [0.4, 0.5) is 5.82 Å². The Morgan fingerprint density at radius 2 is 2.06 bits per heavy atom. The van der Waals surface area contributed by atoms with E-state index < -0.39 is 0 Å². The van der Waals surface area contributed by atoms with E-state index in [9.17, 15) is 4.79 Å². The van der Waals surface area contributed by atoms with Crippen LogP contribution in [-0.4, -0.2) is 15.9 Å². The van der Waals surface area contributed by atoms with Crippen LogP contribution in [0.25, 0.3) is 0 Å². The molecule has 2 aromatic heterocycles. The van der Waals surface area contributed by atoms with Gasteiger partial charge in [0.2, 0.25) is 0 Å². The fraction of sp³-hybridized carbons (Fsp3) is 0.0769. The molecule has 1 N–H and O–H groups in total. The van der Waals surface area contributed by atoms with E-state index in [-0.39, 0.29) is 11.6 Å². The molecule has 88 valence electrons. The van der Waals surface area contributed by atoms with Crippen molar-refractivity contribution in [2.75, 3.05) is 5.32 Å². The van der Waals surface area contributed by atoms with Crippen LogP contribution in [0, 0.1) is 18.3 Å². The van der Waals surface area contributed by atoms with Crippen LogP contribution in [0.2, 0.25) is 0 Å². The fourth-order valence-corrected chi connectivity index (χ4v) is 1.32. The number of aryl methyl sites for hydroxylation is 1. The molecule has 2 aromatic rings. The zero-order valence-electron chi connectivity index (χ0n) is 9.71. The summed E-state index contributed by atoms with van der Waals surface area (Å²) in [6, 6.07) is 8.53. The van der Waals surface area contributed by atoms with Crippen molar-refractivity contribution in [1.29, 1.82) is 5.26 Å². The number of hydrogen-bond acceptors (Lipinski definition) is 4. The Bertz CT molecular complexity index is 596. The standard InChI is InChI=1S/C13H10N4O/c1-9-2-5-12(16-7-9)17-13(18)10-3-4-11(6-14)15-8-10/h2-5,7-8H,1H3,(H,16,17,18). The van der Waals surface area contributed by atoms with E-state index >= 15 is 0 Å². The van der Waals surface area contributed by atoms with Crippen molar-refractivity contribution in [3.8, 4) is 6.07 Å². The number of amides is 1. The number of nitrogens with one attached hydrogen (secondary N) is 1. The molecule has 0 fully saturated rings. The average molecular weight is 238 g/mol. The summed E-state index contributed by atoms with van der Waals surface area (Å²) in [6.07, 6.45) is 3.04. The highest BCUT2D eigenvalue weighted by atomic mass is 16.1. The molecule has 0 aromatic carbocycles. The highest BCUT2D eigenvalue weighted by Crippen LogP contribution is 2.07. The summed E-state index contributed by atoms with van der Waals surface area (Å²) in [7, 11) is 0. The van der Waals surface area contributed by atoms with E-state index in [0.717, 1.165) is 5.56 Å². The predicted octanol–water partition coefficient (Wildman–Crippen LogP) is 1.91. The van der Waals surface area contributed by atoms with Gasteiger partial charge in [-0.2, -0.15) is 5.26 Å². The van der Waals surface area contributed by atoms with Crippen molar-refractivity contribution in [3.63, 3.8) is 0 Å². The van der Waals surface area contributed by atoms with E-state index in [4.69, 9.17) is 5.26 Å². The van der Waals surface area contributed by atoms with Gasteiger partial charge in [-0.15, -0.1) is 0 Å². The molecular formula is C13H10N4O. The van der Waals surface area contributed by atoms with E-state index in [1.807, 2.05) is 19.1 Å². The Morgan fingerprint density at radius 3 is 2.61 bits per heavy atom. The molecule has 5 nitrogen and oxygen atoms in total. The van der Waals surface area contributed by atoms with Gasteiger partial charge in [0.05, 0.1) is 5.56 Å². The molecule has 0 bridgehead atoms. The van der Waals surface area contributed by atoms with Gasteiger partial charge >= 0.3 is 0 Å². The van der Waals surface area contributed by atoms with E-state index in [1.165, 1.54) is 12.3 Å². The van der Waals surface area contributed by atoms with Crippen molar-refractivity contribution in [2.24, 2.45) is 0 Å². The molecular weight excluding hydrogens is 228 g/mol. The quantitative estimate of drug-likeness (QED) is 0.866. The first-order chi connectivity index (χ1) is 8.69. The Kier molecular flexibility index (Phi) is 3.30. The highest BCUT2D eigenvalue weighted by molar-refractivity contribution is 6.03. The minimum Gasteiger partial charge on any atom is -0.307 e.